The van der Waals surface area contributed by atoms with E-state index in [2.05, 4.69) is 34.8 Å². The Labute approximate surface area is 183 Å². The van der Waals surface area contributed by atoms with Crippen LogP contribution in [0.2, 0.25) is 0 Å². The molecule has 166 valence electrons. The van der Waals surface area contributed by atoms with Gasteiger partial charge in [0.05, 0.1) is 5.56 Å². The molecule has 0 radical (unpaired) electrons. The first-order valence-electron chi connectivity index (χ1n) is 11.0. The second kappa shape index (κ2) is 9.24. The highest BCUT2D eigenvalue weighted by Gasteiger charge is 2.26. The van der Waals surface area contributed by atoms with Gasteiger partial charge in [-0.3, -0.25) is 4.90 Å². The summed E-state index contributed by atoms with van der Waals surface area (Å²) in [5.41, 5.74) is 3.83. The molecule has 0 bridgehead atoms. The average Bonchev–Trinajstić information content (AvgIpc) is 2.75. The number of carbonyl (C=O) groups is 1. The fourth-order valence-corrected chi connectivity index (χ4v) is 4.52. The van der Waals surface area contributed by atoms with Gasteiger partial charge in [0, 0.05) is 62.4 Å². The van der Waals surface area contributed by atoms with Gasteiger partial charge in [0.15, 0.2) is 0 Å². The number of hydrogen-bond donors (Lipinski definition) is 1. The summed E-state index contributed by atoms with van der Waals surface area (Å²) in [5.74, 6) is -0.310. The molecule has 2 fully saturated rings. The molecule has 1 N–H and O–H groups in total. The second-order valence-electron chi connectivity index (χ2n) is 8.45. The van der Waals surface area contributed by atoms with Crippen LogP contribution in [0, 0.1) is 6.92 Å². The Kier molecular flexibility index (Phi) is 6.43. The number of nitrogens with zero attached hydrogens (tertiary/aromatic N) is 3. The Morgan fingerprint density at radius 3 is 2.58 bits per heavy atom. The topological polar surface area (TPSA) is 75.1 Å². The molecule has 0 spiro atoms. The molecule has 1 aromatic carbocycles. The summed E-state index contributed by atoms with van der Waals surface area (Å²) < 4.78 is 11.4. The lowest BCUT2D eigenvalue weighted by Gasteiger charge is -2.36. The van der Waals surface area contributed by atoms with Crippen LogP contribution < -0.4 is 9.64 Å². The number of hydrogen-bond acceptors (Lipinski definition) is 6. The molecular formula is C24H31N3O4. The number of likely N-dealkylation sites (tertiary alicyclic amines) is 1. The summed E-state index contributed by atoms with van der Waals surface area (Å²) in [6.45, 7) is 8.14. The minimum Gasteiger partial charge on any atom is -0.478 e. The number of rotatable bonds is 7. The van der Waals surface area contributed by atoms with Gasteiger partial charge in [0.1, 0.15) is 6.10 Å². The first-order chi connectivity index (χ1) is 15.0. The van der Waals surface area contributed by atoms with Gasteiger partial charge in [-0.25, -0.2) is 9.78 Å². The van der Waals surface area contributed by atoms with Crippen molar-refractivity contribution in [2.75, 3.05) is 44.8 Å². The highest BCUT2D eigenvalue weighted by atomic mass is 16.5. The highest BCUT2D eigenvalue weighted by Crippen LogP contribution is 2.34. The number of ether oxygens (including phenoxy) is 2. The minimum atomic E-state index is -0.911. The number of likely N-dealkylation sites (N-methyl/N-ethyl adjacent to an activating group) is 1. The van der Waals surface area contributed by atoms with Crippen LogP contribution in [-0.4, -0.2) is 73.0 Å². The van der Waals surface area contributed by atoms with Crippen molar-refractivity contribution in [1.29, 1.82) is 0 Å². The van der Waals surface area contributed by atoms with Gasteiger partial charge in [-0.1, -0.05) is 0 Å². The highest BCUT2D eigenvalue weighted by molar-refractivity contribution is 5.94. The van der Waals surface area contributed by atoms with Crippen LogP contribution in [0.4, 0.5) is 5.69 Å². The molecule has 0 amide bonds. The summed E-state index contributed by atoms with van der Waals surface area (Å²) in [5, 5.41) is 9.85. The maximum atomic E-state index is 12.0. The molecule has 0 atom stereocenters. The summed E-state index contributed by atoms with van der Waals surface area (Å²) in [7, 11) is 2.06. The van der Waals surface area contributed by atoms with E-state index in [0.717, 1.165) is 68.1 Å². The number of anilines is 1. The number of aromatic carboxylic acids is 1. The van der Waals surface area contributed by atoms with Crippen molar-refractivity contribution < 1.29 is 19.4 Å². The van der Waals surface area contributed by atoms with E-state index in [1.807, 2.05) is 19.1 Å². The maximum Gasteiger partial charge on any atom is 0.336 e. The molecule has 3 heterocycles. The quantitative estimate of drug-likeness (QED) is 0.728. The lowest BCUT2D eigenvalue weighted by Crippen LogP contribution is -2.51. The van der Waals surface area contributed by atoms with E-state index < -0.39 is 5.97 Å². The van der Waals surface area contributed by atoms with E-state index in [0.29, 0.717) is 17.5 Å². The number of aromatic nitrogens is 1. The minimum absolute atomic E-state index is 0.186. The lowest BCUT2D eigenvalue weighted by atomic mass is 9.96. The molecule has 1 aromatic heterocycles. The predicted molar refractivity (Wildman–Crippen MR) is 120 cm³/mol. The van der Waals surface area contributed by atoms with Crippen molar-refractivity contribution in [2.24, 2.45) is 0 Å². The van der Waals surface area contributed by atoms with Crippen LogP contribution in [0.5, 0.6) is 5.88 Å². The Bertz CT molecular complexity index is 919. The fourth-order valence-electron chi connectivity index (χ4n) is 4.52. The standard InChI is InChI=1S/C24H31N3O4/c1-4-27(19-7-9-30-10-8-19)22-12-18(11-21(16(22)2)24(28)29)17-5-6-23(25-13-17)31-20-14-26(3)15-20/h5-6,11-13,19-20H,4,7-10,14-15H2,1-3H3,(H,28,29). The number of pyridine rings is 1. The van der Waals surface area contributed by atoms with Gasteiger partial charge in [-0.2, -0.15) is 0 Å². The molecule has 2 saturated heterocycles. The SMILES string of the molecule is CCN(c1cc(-c2ccc(OC3CN(C)C3)nc2)cc(C(=O)O)c1C)C1CCOCC1. The van der Waals surface area contributed by atoms with Crippen molar-refractivity contribution >= 4 is 11.7 Å². The van der Waals surface area contributed by atoms with Crippen molar-refractivity contribution in [3.05, 3.63) is 41.6 Å². The third kappa shape index (κ3) is 4.67. The van der Waals surface area contributed by atoms with Crippen molar-refractivity contribution in [1.82, 2.24) is 9.88 Å². The maximum absolute atomic E-state index is 12.0. The zero-order chi connectivity index (χ0) is 22.0. The monoisotopic (exact) mass is 425 g/mol. The van der Waals surface area contributed by atoms with Crippen LogP contribution in [-0.2, 0) is 4.74 Å². The number of benzene rings is 1. The van der Waals surface area contributed by atoms with E-state index in [1.165, 1.54) is 0 Å². The van der Waals surface area contributed by atoms with Gasteiger partial charge in [-0.15, -0.1) is 0 Å². The molecule has 2 aliphatic heterocycles. The van der Waals surface area contributed by atoms with E-state index in [-0.39, 0.29) is 6.10 Å². The van der Waals surface area contributed by atoms with Crippen molar-refractivity contribution in [2.45, 2.75) is 38.8 Å². The molecule has 2 aromatic rings. The molecule has 0 saturated carbocycles. The molecule has 7 nitrogen and oxygen atoms in total. The Balaban J connectivity index is 1.64. The molecular weight excluding hydrogens is 394 g/mol. The Morgan fingerprint density at radius 2 is 2.00 bits per heavy atom. The van der Waals surface area contributed by atoms with Crippen LogP contribution in [0.25, 0.3) is 11.1 Å². The lowest BCUT2D eigenvalue weighted by molar-refractivity contribution is 0.0356. The molecule has 0 aliphatic carbocycles. The van der Waals surface area contributed by atoms with Crippen LogP contribution in [0.1, 0.15) is 35.7 Å². The summed E-state index contributed by atoms with van der Waals surface area (Å²) in [6.07, 6.45) is 3.85. The molecule has 0 unspecified atom stereocenters. The Morgan fingerprint density at radius 1 is 1.26 bits per heavy atom. The predicted octanol–water partition coefficient (Wildman–Crippen LogP) is 3.45. The zero-order valence-electron chi connectivity index (χ0n) is 18.5. The zero-order valence-corrected chi connectivity index (χ0v) is 18.5. The van der Waals surface area contributed by atoms with Crippen LogP contribution in [0.3, 0.4) is 0 Å². The van der Waals surface area contributed by atoms with Crippen molar-refractivity contribution in [3.63, 3.8) is 0 Å². The van der Waals surface area contributed by atoms with Gasteiger partial charge >= 0.3 is 5.97 Å². The number of carboxylic acid groups (broad SMARTS) is 1. The number of carboxylic acids is 1. The van der Waals surface area contributed by atoms with Gasteiger partial charge in [0.25, 0.3) is 0 Å². The second-order valence-corrected chi connectivity index (χ2v) is 8.45. The first kappa shape index (κ1) is 21.6. The first-order valence-corrected chi connectivity index (χ1v) is 11.0. The average molecular weight is 426 g/mol. The summed E-state index contributed by atoms with van der Waals surface area (Å²) in [6, 6.07) is 8.01. The normalized spacial score (nSPS) is 17.9. The van der Waals surface area contributed by atoms with E-state index >= 15 is 0 Å². The largest absolute Gasteiger partial charge is 0.478 e. The van der Waals surface area contributed by atoms with Gasteiger partial charge < -0.3 is 19.5 Å². The van der Waals surface area contributed by atoms with Gasteiger partial charge in [-0.05, 0) is 63.1 Å². The molecule has 31 heavy (non-hydrogen) atoms. The third-order valence-corrected chi connectivity index (χ3v) is 6.28. The Hall–Kier alpha value is -2.64. The summed E-state index contributed by atoms with van der Waals surface area (Å²) in [4.78, 5) is 21.0. The fraction of sp³-hybridized carbons (Fsp3) is 0.500. The summed E-state index contributed by atoms with van der Waals surface area (Å²) >= 11 is 0. The molecule has 2 aliphatic rings. The molecule has 7 heteroatoms. The molecule has 4 rings (SSSR count). The van der Waals surface area contributed by atoms with Crippen LogP contribution in [0.15, 0.2) is 30.5 Å². The third-order valence-electron chi connectivity index (χ3n) is 6.28. The van der Waals surface area contributed by atoms with Crippen molar-refractivity contribution in [3.8, 4) is 17.0 Å². The van der Waals surface area contributed by atoms with E-state index in [4.69, 9.17) is 9.47 Å². The van der Waals surface area contributed by atoms with E-state index in [1.54, 1.807) is 12.3 Å². The van der Waals surface area contributed by atoms with Gasteiger partial charge in [0.2, 0.25) is 5.88 Å². The van der Waals surface area contributed by atoms with Crippen LogP contribution >= 0.6 is 0 Å². The van der Waals surface area contributed by atoms with E-state index in [9.17, 15) is 9.90 Å². The smallest absolute Gasteiger partial charge is 0.336 e.